The van der Waals surface area contributed by atoms with E-state index in [2.05, 4.69) is 20.9 Å². The average molecular weight is 321 g/mol. The molecule has 1 aromatic heterocycles. The summed E-state index contributed by atoms with van der Waals surface area (Å²) >= 11 is 8.93. The third-order valence-electron chi connectivity index (χ3n) is 2.46. The summed E-state index contributed by atoms with van der Waals surface area (Å²) in [6.07, 6.45) is 0.646. The minimum Gasteiger partial charge on any atom is -0.317 e. The highest BCUT2D eigenvalue weighted by atomic mass is 79.9. The van der Waals surface area contributed by atoms with Gasteiger partial charge in [-0.25, -0.2) is 14.1 Å². The van der Waals surface area contributed by atoms with Gasteiger partial charge in [0.15, 0.2) is 0 Å². The van der Waals surface area contributed by atoms with Crippen LogP contribution in [0.3, 0.4) is 0 Å². The summed E-state index contributed by atoms with van der Waals surface area (Å²) in [5.41, 5.74) is 1.50. The average Bonchev–Trinajstić information content (AvgIpc) is 2.57. The summed E-state index contributed by atoms with van der Waals surface area (Å²) in [6, 6.07) is 3.16. The quantitative estimate of drug-likeness (QED) is 0.811. The van der Waals surface area contributed by atoms with Gasteiger partial charge in [-0.2, -0.15) is 0 Å². The molecule has 92 valence electrons. The number of fused-ring (bicyclic) bond motifs is 1. The molecule has 0 saturated heterocycles. The fourth-order valence-corrected chi connectivity index (χ4v) is 2.30. The van der Waals surface area contributed by atoms with Gasteiger partial charge in [-0.3, -0.25) is 0 Å². The normalized spacial score (nSPS) is 11.1. The predicted octanol–water partition coefficient (Wildman–Crippen LogP) is 2.92. The van der Waals surface area contributed by atoms with Crippen molar-refractivity contribution in [1.82, 2.24) is 9.66 Å². The minimum atomic E-state index is -0.307. The number of imidazole rings is 1. The van der Waals surface area contributed by atoms with Gasteiger partial charge in [-0.15, -0.1) is 11.6 Å². The first-order valence-electron chi connectivity index (χ1n) is 5.14. The standard InChI is InChI=1S/C11H12BrClFN3/c1-16(2)17-10-5-7(12)8(14)6-9(10)15-11(17)3-4-13/h5-6H,3-4H2,1-2H3. The number of aromatic nitrogens is 2. The molecule has 0 N–H and O–H groups in total. The van der Waals surface area contributed by atoms with Crippen LogP contribution in [0.25, 0.3) is 11.0 Å². The van der Waals surface area contributed by atoms with Gasteiger partial charge in [-0.1, -0.05) is 0 Å². The van der Waals surface area contributed by atoms with E-state index in [9.17, 15) is 4.39 Å². The number of benzene rings is 1. The monoisotopic (exact) mass is 319 g/mol. The number of hydrogen-bond donors (Lipinski definition) is 0. The summed E-state index contributed by atoms with van der Waals surface area (Å²) in [4.78, 5) is 4.40. The Morgan fingerprint density at radius 2 is 2.18 bits per heavy atom. The van der Waals surface area contributed by atoms with Crippen molar-refractivity contribution < 1.29 is 4.39 Å². The maximum absolute atomic E-state index is 13.4. The van der Waals surface area contributed by atoms with Crippen LogP contribution >= 0.6 is 27.5 Å². The van der Waals surface area contributed by atoms with Gasteiger partial charge in [0.2, 0.25) is 0 Å². The maximum Gasteiger partial charge on any atom is 0.139 e. The molecule has 0 bridgehead atoms. The number of nitrogens with zero attached hydrogens (tertiary/aromatic N) is 3. The zero-order valence-electron chi connectivity index (χ0n) is 9.54. The number of rotatable bonds is 3. The van der Waals surface area contributed by atoms with Crippen molar-refractivity contribution >= 4 is 38.6 Å². The van der Waals surface area contributed by atoms with E-state index in [1.54, 1.807) is 6.07 Å². The van der Waals surface area contributed by atoms with E-state index >= 15 is 0 Å². The molecule has 2 rings (SSSR count). The Kier molecular flexibility index (Phi) is 3.58. The Balaban J connectivity index is 2.71. The minimum absolute atomic E-state index is 0.307. The molecular formula is C11H12BrClFN3. The molecular weight excluding hydrogens is 308 g/mol. The van der Waals surface area contributed by atoms with Crippen LogP contribution in [0.5, 0.6) is 0 Å². The first-order valence-corrected chi connectivity index (χ1v) is 6.47. The van der Waals surface area contributed by atoms with Gasteiger partial charge in [0.25, 0.3) is 0 Å². The van der Waals surface area contributed by atoms with E-state index in [4.69, 9.17) is 11.6 Å². The third-order valence-corrected chi connectivity index (χ3v) is 3.25. The maximum atomic E-state index is 13.4. The highest BCUT2D eigenvalue weighted by molar-refractivity contribution is 9.10. The molecule has 6 heteroatoms. The molecule has 1 aromatic carbocycles. The van der Waals surface area contributed by atoms with Crippen molar-refractivity contribution in [3.63, 3.8) is 0 Å². The first kappa shape index (κ1) is 12.6. The van der Waals surface area contributed by atoms with Crippen LogP contribution in [0.15, 0.2) is 16.6 Å². The molecule has 0 unspecified atom stereocenters. The fourth-order valence-electron chi connectivity index (χ4n) is 1.80. The van der Waals surface area contributed by atoms with Crippen LogP contribution in [0.2, 0.25) is 0 Å². The number of alkyl halides is 1. The topological polar surface area (TPSA) is 21.1 Å². The Morgan fingerprint density at radius 3 is 2.76 bits per heavy atom. The zero-order valence-corrected chi connectivity index (χ0v) is 11.9. The van der Waals surface area contributed by atoms with Crippen molar-refractivity contribution in [3.05, 3.63) is 28.2 Å². The third kappa shape index (κ3) is 2.26. The van der Waals surface area contributed by atoms with Gasteiger partial charge in [-0.05, 0) is 22.0 Å². The second kappa shape index (κ2) is 4.82. The molecule has 17 heavy (non-hydrogen) atoms. The molecule has 0 spiro atoms. The number of hydrogen-bond acceptors (Lipinski definition) is 2. The van der Waals surface area contributed by atoms with E-state index in [0.717, 1.165) is 11.3 Å². The lowest BCUT2D eigenvalue weighted by Crippen LogP contribution is -2.27. The van der Waals surface area contributed by atoms with Crippen LogP contribution in [-0.4, -0.2) is 29.6 Å². The van der Waals surface area contributed by atoms with E-state index in [1.165, 1.54) is 6.07 Å². The van der Waals surface area contributed by atoms with Crippen LogP contribution in [0.1, 0.15) is 5.82 Å². The molecule has 2 aromatic rings. The second-order valence-electron chi connectivity index (χ2n) is 3.88. The molecule has 0 saturated carbocycles. The van der Waals surface area contributed by atoms with Gasteiger partial charge in [0.1, 0.15) is 11.6 Å². The van der Waals surface area contributed by atoms with Gasteiger partial charge < -0.3 is 5.01 Å². The van der Waals surface area contributed by atoms with E-state index in [0.29, 0.717) is 22.3 Å². The van der Waals surface area contributed by atoms with Crippen LogP contribution in [0, 0.1) is 5.82 Å². The SMILES string of the molecule is CN(C)n1c(CCCl)nc2cc(F)c(Br)cc21. The first-order chi connectivity index (χ1) is 8.04. The molecule has 0 aliphatic carbocycles. The number of halogens is 3. The van der Waals surface area contributed by atoms with Gasteiger partial charge in [0.05, 0.1) is 15.5 Å². The zero-order chi connectivity index (χ0) is 12.6. The number of aryl methyl sites for hydroxylation is 1. The molecule has 3 nitrogen and oxygen atoms in total. The summed E-state index contributed by atoms with van der Waals surface area (Å²) in [6.45, 7) is 0. The van der Waals surface area contributed by atoms with Crippen LogP contribution < -0.4 is 5.01 Å². The Labute approximate surface area is 112 Å². The highest BCUT2D eigenvalue weighted by Crippen LogP contribution is 2.24. The molecule has 1 heterocycles. The van der Waals surface area contributed by atoms with Gasteiger partial charge >= 0.3 is 0 Å². The lowest BCUT2D eigenvalue weighted by molar-refractivity contribution is 0.622. The summed E-state index contributed by atoms with van der Waals surface area (Å²) < 4.78 is 15.8. The summed E-state index contributed by atoms with van der Waals surface area (Å²) in [5, 5.41) is 1.90. The molecule has 0 aliphatic rings. The molecule has 0 fully saturated rings. The summed E-state index contributed by atoms with van der Waals surface area (Å²) in [7, 11) is 3.83. The lowest BCUT2D eigenvalue weighted by Gasteiger charge is -2.18. The van der Waals surface area contributed by atoms with Gasteiger partial charge in [0, 0.05) is 32.5 Å². The lowest BCUT2D eigenvalue weighted by atomic mass is 10.3. The van der Waals surface area contributed by atoms with E-state index in [1.807, 2.05) is 23.8 Å². The fraction of sp³-hybridized carbons (Fsp3) is 0.364. The van der Waals surface area contributed by atoms with Crippen LogP contribution in [-0.2, 0) is 6.42 Å². The smallest absolute Gasteiger partial charge is 0.139 e. The van der Waals surface area contributed by atoms with Crippen molar-refractivity contribution in [2.45, 2.75) is 6.42 Å². The van der Waals surface area contributed by atoms with Crippen molar-refractivity contribution in [3.8, 4) is 0 Å². The highest BCUT2D eigenvalue weighted by Gasteiger charge is 2.14. The van der Waals surface area contributed by atoms with Crippen molar-refractivity contribution in [1.29, 1.82) is 0 Å². The van der Waals surface area contributed by atoms with E-state index in [-0.39, 0.29) is 5.82 Å². The molecule has 0 amide bonds. The predicted molar refractivity (Wildman–Crippen MR) is 71.9 cm³/mol. The molecule has 0 aliphatic heterocycles. The van der Waals surface area contributed by atoms with Crippen molar-refractivity contribution in [2.75, 3.05) is 25.0 Å². The van der Waals surface area contributed by atoms with Crippen molar-refractivity contribution in [2.24, 2.45) is 0 Å². The van der Waals surface area contributed by atoms with E-state index < -0.39 is 0 Å². The Hall–Kier alpha value is -0.810. The van der Waals surface area contributed by atoms with Crippen LogP contribution in [0.4, 0.5) is 4.39 Å². The summed E-state index contributed by atoms with van der Waals surface area (Å²) in [5.74, 6) is 1.01. The Bertz CT molecular complexity index is 553. The Morgan fingerprint density at radius 1 is 1.47 bits per heavy atom. The molecule has 0 radical (unpaired) electrons. The second-order valence-corrected chi connectivity index (χ2v) is 5.11. The largest absolute Gasteiger partial charge is 0.317 e. The molecule has 0 atom stereocenters.